The number of aryl methyl sites for hydroxylation is 3. The summed E-state index contributed by atoms with van der Waals surface area (Å²) in [5.41, 5.74) is 2.26. The number of rotatable bonds is 6. The van der Waals surface area contributed by atoms with Gasteiger partial charge in [0.25, 0.3) is 0 Å². The van der Waals surface area contributed by atoms with E-state index in [4.69, 9.17) is 0 Å². The lowest BCUT2D eigenvalue weighted by Gasteiger charge is -2.36. The number of benzene rings is 1. The van der Waals surface area contributed by atoms with Crippen LogP contribution in [0.1, 0.15) is 29.6 Å². The van der Waals surface area contributed by atoms with Gasteiger partial charge in [-0.15, -0.1) is 0 Å². The van der Waals surface area contributed by atoms with E-state index in [1.54, 1.807) is 38.2 Å². The average molecular weight is 460 g/mol. The number of aliphatic hydroxyl groups excluding tert-OH is 1. The summed E-state index contributed by atoms with van der Waals surface area (Å²) < 4.78 is 41.5. The van der Waals surface area contributed by atoms with Gasteiger partial charge < -0.3 is 15.3 Å². The fourth-order valence-corrected chi connectivity index (χ4v) is 3.94. The average Bonchev–Trinajstić information content (AvgIpc) is 3.18. The van der Waals surface area contributed by atoms with E-state index < -0.39 is 29.6 Å². The molecule has 2 atom stereocenters. The van der Waals surface area contributed by atoms with Gasteiger partial charge in [0, 0.05) is 19.7 Å². The van der Waals surface area contributed by atoms with Crippen molar-refractivity contribution >= 4 is 17.4 Å². The molecule has 1 aliphatic rings. The number of halogens is 3. The van der Waals surface area contributed by atoms with Gasteiger partial charge in [0.15, 0.2) is 23.3 Å². The molecule has 4 rings (SSSR count). The highest BCUT2D eigenvalue weighted by Gasteiger charge is 2.36. The number of hydrogen-bond donors (Lipinski definition) is 2. The standard InChI is InChI=1S/C22H23F3N6O2/c1-11-19-21(30(3)20(12(2)32)22(33)29-19)28-17(27-11)5-4-13-8-26-31(9-13)10-14-6-15(23)18(25)16(24)7-14/h6-9,12,20,32H,4-5,10H2,1-3H3,(H,29,33)/t12-,20-/m0/s1. The molecule has 0 fully saturated rings. The Morgan fingerprint density at radius 3 is 2.52 bits per heavy atom. The van der Waals surface area contributed by atoms with E-state index in [0.29, 0.717) is 35.9 Å². The van der Waals surface area contributed by atoms with Crippen LogP contribution in [0, 0.1) is 24.4 Å². The van der Waals surface area contributed by atoms with Crippen LogP contribution < -0.4 is 10.2 Å². The topological polar surface area (TPSA) is 96.2 Å². The predicted octanol–water partition coefficient (Wildman–Crippen LogP) is 2.37. The lowest BCUT2D eigenvalue weighted by molar-refractivity contribution is -0.119. The minimum atomic E-state index is -1.50. The molecule has 0 saturated heterocycles. The molecule has 3 heterocycles. The summed E-state index contributed by atoms with van der Waals surface area (Å²) in [4.78, 5) is 23.0. The number of aromatic nitrogens is 4. The van der Waals surface area contributed by atoms with Gasteiger partial charge in [0.1, 0.15) is 17.6 Å². The van der Waals surface area contributed by atoms with E-state index in [9.17, 15) is 23.1 Å². The van der Waals surface area contributed by atoms with E-state index in [1.165, 1.54) is 4.68 Å². The number of amides is 1. The third-order valence-electron chi connectivity index (χ3n) is 5.55. The molecular weight excluding hydrogens is 437 g/mol. The highest BCUT2D eigenvalue weighted by atomic mass is 19.2. The minimum absolute atomic E-state index is 0.0911. The molecule has 0 aliphatic carbocycles. The van der Waals surface area contributed by atoms with Crippen molar-refractivity contribution in [1.82, 2.24) is 19.7 Å². The molecule has 0 bridgehead atoms. The molecule has 0 unspecified atom stereocenters. The Morgan fingerprint density at radius 2 is 1.85 bits per heavy atom. The molecule has 1 aliphatic heterocycles. The van der Waals surface area contributed by atoms with Crippen LogP contribution >= 0.6 is 0 Å². The Kier molecular flexibility index (Phi) is 6.07. The maximum atomic E-state index is 13.4. The maximum Gasteiger partial charge on any atom is 0.249 e. The van der Waals surface area contributed by atoms with Crippen LogP contribution in [0.4, 0.5) is 24.7 Å². The van der Waals surface area contributed by atoms with Crippen molar-refractivity contribution < 1.29 is 23.1 Å². The predicted molar refractivity (Wildman–Crippen MR) is 114 cm³/mol. The molecule has 2 aromatic heterocycles. The molecular formula is C22H23F3N6O2. The first kappa shape index (κ1) is 22.7. The lowest BCUT2D eigenvalue weighted by atomic mass is 10.1. The third kappa shape index (κ3) is 4.54. The summed E-state index contributed by atoms with van der Waals surface area (Å²) in [6, 6.07) is 1.14. The summed E-state index contributed by atoms with van der Waals surface area (Å²) >= 11 is 0. The van der Waals surface area contributed by atoms with Crippen molar-refractivity contribution in [3.8, 4) is 0 Å². The molecule has 8 nitrogen and oxygen atoms in total. The number of carbonyl (C=O) groups excluding carboxylic acids is 1. The van der Waals surface area contributed by atoms with Gasteiger partial charge >= 0.3 is 0 Å². The molecule has 1 amide bonds. The van der Waals surface area contributed by atoms with Crippen LogP contribution in [-0.2, 0) is 24.2 Å². The maximum absolute atomic E-state index is 13.4. The number of nitrogens with one attached hydrogen (secondary N) is 1. The molecule has 33 heavy (non-hydrogen) atoms. The summed E-state index contributed by atoms with van der Waals surface area (Å²) in [7, 11) is 1.70. The van der Waals surface area contributed by atoms with E-state index in [-0.39, 0.29) is 18.0 Å². The number of carbonyl (C=O) groups is 1. The lowest BCUT2D eigenvalue weighted by Crippen LogP contribution is -2.52. The van der Waals surface area contributed by atoms with Crippen LogP contribution in [0.5, 0.6) is 0 Å². The zero-order valence-corrected chi connectivity index (χ0v) is 18.3. The second-order valence-electron chi connectivity index (χ2n) is 8.13. The van der Waals surface area contributed by atoms with Gasteiger partial charge in [-0.3, -0.25) is 9.48 Å². The fourth-order valence-electron chi connectivity index (χ4n) is 3.94. The molecule has 0 radical (unpaired) electrons. The van der Waals surface area contributed by atoms with E-state index in [2.05, 4.69) is 20.4 Å². The van der Waals surface area contributed by atoms with E-state index in [1.807, 2.05) is 0 Å². The van der Waals surface area contributed by atoms with Crippen molar-refractivity contribution in [2.75, 3.05) is 17.3 Å². The normalized spacial score (nSPS) is 16.5. The first-order chi connectivity index (χ1) is 15.6. The monoisotopic (exact) mass is 460 g/mol. The molecule has 174 valence electrons. The van der Waals surface area contributed by atoms with Gasteiger partial charge in [-0.1, -0.05) is 0 Å². The first-order valence-corrected chi connectivity index (χ1v) is 10.4. The molecule has 0 saturated carbocycles. The Morgan fingerprint density at radius 1 is 1.15 bits per heavy atom. The van der Waals surface area contributed by atoms with Crippen molar-refractivity contribution in [3.63, 3.8) is 0 Å². The second kappa shape index (κ2) is 8.81. The van der Waals surface area contributed by atoms with E-state index >= 15 is 0 Å². The summed E-state index contributed by atoms with van der Waals surface area (Å²) in [5, 5.41) is 16.9. The zero-order chi connectivity index (χ0) is 23.9. The van der Waals surface area contributed by atoms with Crippen molar-refractivity contribution in [2.45, 2.75) is 45.4 Å². The van der Waals surface area contributed by atoms with Gasteiger partial charge in [0.2, 0.25) is 5.91 Å². The number of hydrogen-bond acceptors (Lipinski definition) is 6. The molecule has 11 heteroatoms. The Bertz CT molecular complexity index is 1190. The Hall–Kier alpha value is -3.47. The third-order valence-corrected chi connectivity index (χ3v) is 5.55. The van der Waals surface area contributed by atoms with Gasteiger partial charge in [-0.25, -0.2) is 23.1 Å². The van der Waals surface area contributed by atoms with Gasteiger partial charge in [0.05, 0.1) is 24.5 Å². The van der Waals surface area contributed by atoms with Gasteiger partial charge in [-0.05, 0) is 43.5 Å². The molecule has 3 aromatic rings. The number of likely N-dealkylation sites (N-methyl/N-ethyl adjacent to an activating group) is 1. The summed E-state index contributed by atoms with van der Waals surface area (Å²) in [6.45, 7) is 3.42. The molecule has 0 spiro atoms. The number of aliphatic hydroxyl groups is 1. The SMILES string of the molecule is Cc1nc(CCc2cnn(Cc3cc(F)c(F)c(F)c3)c2)nc2c1NC(=O)[C@H]([C@H](C)O)N2C. The Labute approximate surface area is 188 Å². The highest BCUT2D eigenvalue weighted by molar-refractivity contribution is 6.03. The van der Waals surface area contributed by atoms with Crippen molar-refractivity contribution in [2.24, 2.45) is 0 Å². The minimum Gasteiger partial charge on any atom is -0.391 e. The number of nitrogens with zero attached hydrogens (tertiary/aromatic N) is 5. The smallest absolute Gasteiger partial charge is 0.249 e. The summed E-state index contributed by atoms with van der Waals surface area (Å²) in [5.74, 6) is -3.18. The fraction of sp³-hybridized carbons (Fsp3) is 0.364. The zero-order valence-electron chi connectivity index (χ0n) is 18.3. The van der Waals surface area contributed by atoms with Crippen LogP contribution in [0.25, 0.3) is 0 Å². The number of fused-ring (bicyclic) bond motifs is 1. The summed E-state index contributed by atoms with van der Waals surface area (Å²) in [6.07, 6.45) is 3.54. The molecule has 2 N–H and O–H groups in total. The van der Waals surface area contributed by atoms with Crippen molar-refractivity contribution in [1.29, 1.82) is 0 Å². The number of anilines is 2. The second-order valence-corrected chi connectivity index (χ2v) is 8.13. The van der Waals surface area contributed by atoms with Crippen LogP contribution in [0.15, 0.2) is 24.5 Å². The highest BCUT2D eigenvalue weighted by Crippen LogP contribution is 2.32. The van der Waals surface area contributed by atoms with Crippen LogP contribution in [0.3, 0.4) is 0 Å². The molecule has 1 aromatic carbocycles. The van der Waals surface area contributed by atoms with Crippen molar-refractivity contribution in [3.05, 3.63) is 64.6 Å². The largest absolute Gasteiger partial charge is 0.391 e. The van der Waals surface area contributed by atoms with Gasteiger partial charge in [-0.2, -0.15) is 5.10 Å². The first-order valence-electron chi connectivity index (χ1n) is 10.4. The van der Waals surface area contributed by atoms with Crippen LogP contribution in [-0.4, -0.2) is 50.0 Å². The van der Waals surface area contributed by atoms with Crippen LogP contribution in [0.2, 0.25) is 0 Å². The van der Waals surface area contributed by atoms with E-state index in [0.717, 1.165) is 17.7 Å². The quantitative estimate of drug-likeness (QED) is 0.549. The Balaban J connectivity index is 1.47.